The van der Waals surface area contributed by atoms with E-state index in [4.69, 9.17) is 4.42 Å². The van der Waals surface area contributed by atoms with Crippen molar-refractivity contribution in [1.29, 1.82) is 0 Å². The number of nitrogens with one attached hydrogen (secondary N) is 3. The molecule has 0 aromatic carbocycles. The van der Waals surface area contributed by atoms with Crippen molar-refractivity contribution in [2.24, 2.45) is 0 Å². The fourth-order valence-corrected chi connectivity index (χ4v) is 1.27. The van der Waals surface area contributed by atoms with Gasteiger partial charge in [-0.3, -0.25) is 0 Å². The highest BCUT2D eigenvalue weighted by molar-refractivity contribution is 5.73. The predicted molar refractivity (Wildman–Crippen MR) is 71.9 cm³/mol. The van der Waals surface area contributed by atoms with Crippen LogP contribution in [0.4, 0.5) is 10.8 Å². The maximum Gasteiger partial charge on any atom is 0.316 e. The summed E-state index contributed by atoms with van der Waals surface area (Å²) in [6.07, 6.45) is 1.06. The van der Waals surface area contributed by atoms with Crippen molar-refractivity contribution in [3.63, 3.8) is 0 Å². The molecule has 0 aliphatic carbocycles. The van der Waals surface area contributed by atoms with Crippen molar-refractivity contribution in [3.05, 3.63) is 5.89 Å². The molecule has 0 aliphatic rings. The molecule has 3 N–H and O–H groups in total. The highest BCUT2D eigenvalue weighted by Gasteiger charge is 2.05. The van der Waals surface area contributed by atoms with E-state index in [1.54, 1.807) is 14.1 Å². The van der Waals surface area contributed by atoms with E-state index in [1.807, 2.05) is 0 Å². The zero-order valence-corrected chi connectivity index (χ0v) is 11.7. The molecule has 8 nitrogen and oxygen atoms in total. The third-order valence-electron chi connectivity index (χ3n) is 2.25. The van der Waals surface area contributed by atoms with Gasteiger partial charge < -0.3 is 25.3 Å². The molecule has 0 unspecified atom stereocenters. The second kappa shape index (κ2) is 8.30. The number of aromatic nitrogens is 2. The Labute approximate surface area is 112 Å². The molecular weight excluding hydrogens is 248 g/mol. The van der Waals surface area contributed by atoms with Crippen molar-refractivity contribution < 1.29 is 9.21 Å². The third-order valence-corrected chi connectivity index (χ3v) is 2.25. The van der Waals surface area contributed by atoms with Gasteiger partial charge >= 0.3 is 12.0 Å². The summed E-state index contributed by atoms with van der Waals surface area (Å²) < 4.78 is 5.37. The molecule has 2 amide bonds. The molecule has 0 spiro atoms. The molecule has 1 rings (SSSR count). The normalized spacial score (nSPS) is 10.3. The van der Waals surface area contributed by atoms with Gasteiger partial charge in [-0.1, -0.05) is 12.0 Å². The van der Waals surface area contributed by atoms with E-state index in [1.165, 1.54) is 4.90 Å². The summed E-state index contributed by atoms with van der Waals surface area (Å²) in [7, 11) is 3.38. The van der Waals surface area contributed by atoms with Crippen LogP contribution >= 0.6 is 0 Å². The minimum absolute atomic E-state index is 0.128. The van der Waals surface area contributed by atoms with Crippen LogP contribution in [0.1, 0.15) is 19.2 Å². The molecule has 8 heteroatoms. The Morgan fingerprint density at radius 2 is 2.05 bits per heavy atom. The first-order chi connectivity index (χ1) is 9.13. The lowest BCUT2D eigenvalue weighted by Gasteiger charge is -2.11. The minimum Gasteiger partial charge on any atom is -0.407 e. The van der Waals surface area contributed by atoms with E-state index < -0.39 is 0 Å². The highest BCUT2D eigenvalue weighted by Crippen LogP contribution is 2.04. The number of hydrogen-bond donors (Lipinski definition) is 3. The lowest BCUT2D eigenvalue weighted by atomic mass is 10.5. The Hall–Kier alpha value is -1.83. The molecule has 0 bridgehead atoms. The summed E-state index contributed by atoms with van der Waals surface area (Å²) >= 11 is 0. The summed E-state index contributed by atoms with van der Waals surface area (Å²) in [6, 6.07) is 0.240. The van der Waals surface area contributed by atoms with Crippen LogP contribution in [0.15, 0.2) is 4.42 Å². The van der Waals surface area contributed by atoms with Gasteiger partial charge in [0.15, 0.2) is 0 Å². The molecule has 0 radical (unpaired) electrons. The smallest absolute Gasteiger partial charge is 0.316 e. The maximum atomic E-state index is 11.2. The molecule has 19 heavy (non-hydrogen) atoms. The fraction of sp³-hybridized carbons (Fsp3) is 0.727. The van der Waals surface area contributed by atoms with E-state index in [0.29, 0.717) is 31.5 Å². The van der Waals surface area contributed by atoms with Gasteiger partial charge in [0.1, 0.15) is 0 Å². The number of carbonyl (C=O) groups is 1. The van der Waals surface area contributed by atoms with Crippen molar-refractivity contribution in [2.45, 2.75) is 19.9 Å². The van der Waals surface area contributed by atoms with Gasteiger partial charge in [0.05, 0.1) is 6.54 Å². The van der Waals surface area contributed by atoms with Gasteiger partial charge in [-0.2, -0.15) is 0 Å². The van der Waals surface area contributed by atoms with Crippen molar-refractivity contribution in [2.75, 3.05) is 39.0 Å². The second-order valence-corrected chi connectivity index (χ2v) is 4.23. The van der Waals surface area contributed by atoms with Crippen molar-refractivity contribution in [1.82, 2.24) is 25.7 Å². The van der Waals surface area contributed by atoms with Gasteiger partial charge in [0, 0.05) is 27.2 Å². The van der Waals surface area contributed by atoms with Crippen LogP contribution in [-0.4, -0.2) is 54.9 Å². The molecule has 1 aromatic heterocycles. The van der Waals surface area contributed by atoms with E-state index in [2.05, 4.69) is 33.1 Å². The van der Waals surface area contributed by atoms with Gasteiger partial charge in [0.25, 0.3) is 0 Å². The van der Waals surface area contributed by atoms with Crippen LogP contribution in [0.3, 0.4) is 0 Å². The Bertz CT molecular complexity index is 379. The molecular formula is C11H22N6O2. The van der Waals surface area contributed by atoms with Gasteiger partial charge in [-0.05, 0) is 13.0 Å². The summed E-state index contributed by atoms with van der Waals surface area (Å²) in [6.45, 7) is 4.60. The molecule has 0 atom stereocenters. The quantitative estimate of drug-likeness (QED) is 0.586. The molecule has 1 heterocycles. The summed E-state index contributed by atoms with van der Waals surface area (Å²) in [5, 5.41) is 16.6. The van der Waals surface area contributed by atoms with Gasteiger partial charge in [0.2, 0.25) is 5.89 Å². The van der Waals surface area contributed by atoms with Crippen LogP contribution in [0, 0.1) is 0 Å². The lowest BCUT2D eigenvalue weighted by molar-refractivity contribution is 0.218. The lowest BCUT2D eigenvalue weighted by Crippen LogP contribution is -2.37. The Morgan fingerprint density at radius 3 is 2.74 bits per heavy atom. The van der Waals surface area contributed by atoms with E-state index in [0.717, 1.165) is 13.0 Å². The topological polar surface area (TPSA) is 95.3 Å². The largest absolute Gasteiger partial charge is 0.407 e. The first-order valence-corrected chi connectivity index (χ1v) is 6.35. The maximum absolute atomic E-state index is 11.2. The minimum atomic E-state index is -0.128. The SMILES string of the molecule is CCCNCc1nnc(NCCNC(=O)N(C)C)o1. The van der Waals surface area contributed by atoms with Gasteiger partial charge in [-0.25, -0.2) is 4.79 Å². The molecule has 0 fully saturated rings. The van der Waals surface area contributed by atoms with Crippen LogP contribution in [0.2, 0.25) is 0 Å². The summed E-state index contributed by atoms with van der Waals surface area (Å²) in [5.41, 5.74) is 0. The second-order valence-electron chi connectivity index (χ2n) is 4.23. The summed E-state index contributed by atoms with van der Waals surface area (Å²) in [5.74, 6) is 0.549. The van der Waals surface area contributed by atoms with E-state index in [9.17, 15) is 4.79 Å². The Kier molecular flexibility index (Phi) is 6.65. The average molecular weight is 270 g/mol. The van der Waals surface area contributed by atoms with Crippen molar-refractivity contribution in [3.8, 4) is 0 Å². The monoisotopic (exact) mass is 270 g/mol. The average Bonchev–Trinajstić information content (AvgIpc) is 2.82. The van der Waals surface area contributed by atoms with E-state index >= 15 is 0 Å². The number of rotatable bonds is 8. The zero-order valence-electron chi connectivity index (χ0n) is 11.7. The van der Waals surface area contributed by atoms with Crippen LogP contribution in [-0.2, 0) is 6.54 Å². The highest BCUT2D eigenvalue weighted by atomic mass is 16.4. The molecule has 0 aliphatic heterocycles. The summed E-state index contributed by atoms with van der Waals surface area (Å²) in [4.78, 5) is 12.7. The van der Waals surface area contributed by atoms with Crippen LogP contribution in [0.25, 0.3) is 0 Å². The zero-order chi connectivity index (χ0) is 14.1. The number of nitrogens with zero attached hydrogens (tertiary/aromatic N) is 3. The van der Waals surface area contributed by atoms with Gasteiger partial charge in [-0.15, -0.1) is 5.10 Å². The molecule has 1 aromatic rings. The Morgan fingerprint density at radius 1 is 1.26 bits per heavy atom. The van der Waals surface area contributed by atoms with Crippen molar-refractivity contribution >= 4 is 12.0 Å². The van der Waals surface area contributed by atoms with Crippen LogP contribution in [0.5, 0.6) is 0 Å². The van der Waals surface area contributed by atoms with E-state index in [-0.39, 0.29) is 6.03 Å². The van der Waals surface area contributed by atoms with Crippen LogP contribution < -0.4 is 16.0 Å². The number of amides is 2. The first kappa shape index (κ1) is 15.2. The first-order valence-electron chi connectivity index (χ1n) is 6.35. The third kappa shape index (κ3) is 6.05. The predicted octanol–water partition coefficient (Wildman–Crippen LogP) is 0.252. The standard InChI is InChI=1S/C11H22N6O2/c1-4-5-12-8-9-15-16-10(19-9)13-6-7-14-11(18)17(2)3/h12H,4-8H2,1-3H3,(H,13,16)(H,14,18). The number of carbonyl (C=O) groups excluding carboxylic acids is 1. The number of urea groups is 1. The molecule has 108 valence electrons. The Balaban J connectivity index is 2.17. The fourth-order valence-electron chi connectivity index (χ4n) is 1.27. The molecule has 0 saturated heterocycles. The number of anilines is 1. The number of hydrogen-bond acceptors (Lipinski definition) is 6. The molecule has 0 saturated carbocycles.